The Morgan fingerprint density at radius 2 is 1.64 bits per heavy atom. The second-order valence-electron chi connectivity index (χ2n) is 6.27. The van der Waals surface area contributed by atoms with Gasteiger partial charge in [-0.1, -0.05) is 41.7 Å². The number of carbonyl (C=O) groups excluding carboxylic acids is 2. The molecule has 1 aromatic heterocycles. The first-order valence-electron chi connectivity index (χ1n) is 8.76. The molecule has 0 aliphatic carbocycles. The van der Waals surface area contributed by atoms with Crippen molar-refractivity contribution in [1.29, 1.82) is 0 Å². The van der Waals surface area contributed by atoms with E-state index in [1.807, 2.05) is 37.3 Å². The van der Waals surface area contributed by atoms with Crippen LogP contribution in [0.1, 0.15) is 38.5 Å². The van der Waals surface area contributed by atoms with Crippen LogP contribution in [0.4, 0.5) is 10.1 Å². The number of nitrogens with one attached hydrogen (secondary N) is 2. The van der Waals surface area contributed by atoms with Crippen LogP contribution in [-0.4, -0.2) is 28.1 Å². The van der Waals surface area contributed by atoms with Gasteiger partial charge in [-0.05, 0) is 49.6 Å². The van der Waals surface area contributed by atoms with Crippen molar-refractivity contribution in [3.63, 3.8) is 0 Å². The minimum Gasteiger partial charge on any atom is -0.347 e. The number of aryl methyl sites for hydroxylation is 1. The van der Waals surface area contributed by atoms with Crippen molar-refractivity contribution in [2.75, 3.05) is 5.32 Å². The monoisotopic (exact) mass is 398 g/mol. The second kappa shape index (κ2) is 9.18. The summed E-state index contributed by atoms with van der Waals surface area (Å²) in [4.78, 5) is 24.5. The van der Waals surface area contributed by atoms with Crippen LogP contribution in [0, 0.1) is 5.82 Å². The van der Waals surface area contributed by atoms with Crippen molar-refractivity contribution in [3.05, 3.63) is 76.0 Å². The number of rotatable bonds is 7. The lowest BCUT2D eigenvalue weighted by atomic mass is 10.1. The summed E-state index contributed by atoms with van der Waals surface area (Å²) in [5.41, 5.74) is 1.64. The third-order valence-electron chi connectivity index (χ3n) is 4.00. The van der Waals surface area contributed by atoms with Gasteiger partial charge in [0, 0.05) is 11.7 Å². The highest BCUT2D eigenvalue weighted by atomic mass is 32.1. The van der Waals surface area contributed by atoms with E-state index in [0.717, 1.165) is 24.2 Å². The molecule has 0 radical (unpaired) electrons. The lowest BCUT2D eigenvalue weighted by Gasteiger charge is -2.12. The molecule has 0 saturated carbocycles. The predicted molar refractivity (Wildman–Crippen MR) is 106 cm³/mol. The van der Waals surface area contributed by atoms with Crippen LogP contribution in [0.25, 0.3) is 0 Å². The Morgan fingerprint density at radius 3 is 2.32 bits per heavy atom. The van der Waals surface area contributed by atoms with Crippen LogP contribution in [0.3, 0.4) is 0 Å². The first-order valence-corrected chi connectivity index (χ1v) is 9.58. The molecule has 1 atom stereocenters. The highest BCUT2D eigenvalue weighted by molar-refractivity contribution is 7.15. The Hall–Kier alpha value is -3.13. The number of hydrogen-bond donors (Lipinski definition) is 2. The van der Waals surface area contributed by atoms with E-state index in [1.165, 1.54) is 29.8 Å². The van der Waals surface area contributed by atoms with Crippen LogP contribution < -0.4 is 10.6 Å². The number of amides is 2. The van der Waals surface area contributed by atoms with Crippen molar-refractivity contribution in [2.45, 2.75) is 25.8 Å². The zero-order valence-electron chi connectivity index (χ0n) is 15.2. The minimum atomic E-state index is -0.500. The molecule has 144 valence electrons. The molecule has 28 heavy (non-hydrogen) atoms. The van der Waals surface area contributed by atoms with Crippen LogP contribution in [0.15, 0.2) is 54.6 Å². The lowest BCUT2D eigenvalue weighted by Crippen LogP contribution is -2.32. The molecule has 2 aromatic carbocycles. The average molecular weight is 398 g/mol. The van der Waals surface area contributed by atoms with E-state index < -0.39 is 11.7 Å². The van der Waals surface area contributed by atoms with E-state index in [9.17, 15) is 14.0 Å². The number of halogens is 1. The maximum Gasteiger partial charge on any atom is 0.286 e. The van der Waals surface area contributed by atoms with Gasteiger partial charge in [0.2, 0.25) is 10.0 Å². The number of hydrogen-bond acceptors (Lipinski definition) is 5. The molecule has 3 aromatic rings. The molecule has 0 spiro atoms. The summed E-state index contributed by atoms with van der Waals surface area (Å²) in [7, 11) is 0. The smallest absolute Gasteiger partial charge is 0.286 e. The summed E-state index contributed by atoms with van der Waals surface area (Å²) < 4.78 is 12.9. The Morgan fingerprint density at radius 1 is 1.00 bits per heavy atom. The third-order valence-corrected chi connectivity index (χ3v) is 4.92. The van der Waals surface area contributed by atoms with Gasteiger partial charge < -0.3 is 10.6 Å². The zero-order chi connectivity index (χ0) is 19.9. The average Bonchev–Trinajstić information content (AvgIpc) is 3.19. The molecule has 0 bridgehead atoms. The first-order chi connectivity index (χ1) is 13.5. The quantitative estimate of drug-likeness (QED) is 0.636. The number of benzene rings is 2. The summed E-state index contributed by atoms with van der Waals surface area (Å²) in [5.74, 6) is -1.26. The molecule has 0 saturated heterocycles. The number of aromatic nitrogens is 2. The molecule has 0 aliphatic rings. The maximum atomic E-state index is 12.9. The summed E-state index contributed by atoms with van der Waals surface area (Å²) >= 11 is 0.908. The first kappa shape index (κ1) is 19.6. The second-order valence-corrected chi connectivity index (χ2v) is 7.25. The molecule has 6 nitrogen and oxygen atoms in total. The van der Waals surface area contributed by atoms with Crippen LogP contribution in [0.2, 0.25) is 0 Å². The van der Waals surface area contributed by atoms with E-state index >= 15 is 0 Å². The predicted octanol–water partition coefficient (Wildman–Crippen LogP) is 3.68. The summed E-state index contributed by atoms with van der Waals surface area (Å²) in [6, 6.07) is 15.3. The van der Waals surface area contributed by atoms with Gasteiger partial charge >= 0.3 is 0 Å². The van der Waals surface area contributed by atoms with Crippen LogP contribution >= 0.6 is 11.3 Å². The van der Waals surface area contributed by atoms with Crippen molar-refractivity contribution in [3.8, 4) is 0 Å². The van der Waals surface area contributed by atoms with E-state index in [0.29, 0.717) is 5.69 Å². The van der Waals surface area contributed by atoms with E-state index in [4.69, 9.17) is 0 Å². The van der Waals surface area contributed by atoms with Crippen LogP contribution in [0.5, 0.6) is 0 Å². The van der Waals surface area contributed by atoms with Gasteiger partial charge in [-0.2, -0.15) is 0 Å². The van der Waals surface area contributed by atoms with E-state index in [1.54, 1.807) is 0 Å². The molecule has 0 fully saturated rings. The van der Waals surface area contributed by atoms with Gasteiger partial charge in [0.1, 0.15) is 5.82 Å². The molecular weight excluding hydrogens is 379 g/mol. The van der Waals surface area contributed by atoms with Crippen molar-refractivity contribution >= 4 is 28.8 Å². The molecule has 1 heterocycles. The summed E-state index contributed by atoms with van der Waals surface area (Å²) in [6.07, 6.45) is 1.64. The Kier molecular flexibility index (Phi) is 6.44. The fourth-order valence-electron chi connectivity index (χ4n) is 2.51. The van der Waals surface area contributed by atoms with E-state index in [-0.39, 0.29) is 22.0 Å². The molecule has 2 N–H and O–H groups in total. The van der Waals surface area contributed by atoms with Gasteiger partial charge in [0.15, 0.2) is 0 Å². The van der Waals surface area contributed by atoms with Crippen LogP contribution in [-0.2, 0) is 6.42 Å². The molecule has 3 rings (SSSR count). The lowest BCUT2D eigenvalue weighted by molar-refractivity contribution is 0.0936. The summed E-state index contributed by atoms with van der Waals surface area (Å²) in [6.45, 7) is 1.92. The number of carbonyl (C=O) groups is 2. The number of anilines is 1. The highest BCUT2D eigenvalue weighted by Crippen LogP contribution is 2.14. The minimum absolute atomic E-state index is 0.0481. The summed E-state index contributed by atoms with van der Waals surface area (Å²) in [5, 5.41) is 13.2. The topological polar surface area (TPSA) is 84.0 Å². The Bertz CT molecular complexity index is 944. The normalized spacial score (nSPS) is 11.6. The van der Waals surface area contributed by atoms with Crippen molar-refractivity contribution < 1.29 is 14.0 Å². The largest absolute Gasteiger partial charge is 0.347 e. The fourth-order valence-corrected chi connectivity index (χ4v) is 3.15. The molecule has 0 aliphatic heterocycles. The Balaban J connectivity index is 1.52. The SMILES string of the molecule is C[C@@H](CCc1ccccc1)NC(=O)c1nnc(C(=O)Nc2ccc(F)cc2)s1. The standard InChI is InChI=1S/C20H19FN4O2S/c1-13(7-8-14-5-3-2-4-6-14)22-17(26)19-24-25-20(28-19)18(27)23-16-11-9-15(21)10-12-16/h2-6,9-13H,7-8H2,1H3,(H,22,26)(H,23,27)/t13-/m0/s1. The van der Waals surface area contributed by atoms with E-state index in [2.05, 4.69) is 20.8 Å². The maximum absolute atomic E-state index is 12.9. The van der Waals surface area contributed by atoms with Gasteiger partial charge in [-0.3, -0.25) is 9.59 Å². The van der Waals surface area contributed by atoms with Gasteiger partial charge in [0.25, 0.3) is 11.8 Å². The molecule has 2 amide bonds. The molecular formula is C20H19FN4O2S. The van der Waals surface area contributed by atoms with Gasteiger partial charge in [-0.15, -0.1) is 10.2 Å². The van der Waals surface area contributed by atoms with Crippen molar-refractivity contribution in [1.82, 2.24) is 15.5 Å². The molecule has 0 unspecified atom stereocenters. The Labute approximate surface area is 165 Å². The van der Waals surface area contributed by atoms with Gasteiger partial charge in [0.05, 0.1) is 0 Å². The highest BCUT2D eigenvalue weighted by Gasteiger charge is 2.19. The third kappa shape index (κ3) is 5.43. The molecule has 8 heteroatoms. The van der Waals surface area contributed by atoms with Crippen molar-refractivity contribution in [2.24, 2.45) is 0 Å². The number of nitrogens with zero attached hydrogens (tertiary/aromatic N) is 2. The zero-order valence-corrected chi connectivity index (χ0v) is 16.0. The fraction of sp³-hybridized carbons (Fsp3) is 0.200. The van der Waals surface area contributed by atoms with Gasteiger partial charge in [-0.25, -0.2) is 4.39 Å².